The highest BCUT2D eigenvalue weighted by Gasteiger charge is 2.28. The second-order valence-corrected chi connectivity index (χ2v) is 4.40. The summed E-state index contributed by atoms with van der Waals surface area (Å²) in [6.07, 6.45) is 0. The van der Waals surface area contributed by atoms with Crippen molar-refractivity contribution in [2.24, 2.45) is 5.73 Å². The van der Waals surface area contributed by atoms with Crippen LogP contribution in [0.15, 0.2) is 16.6 Å². The van der Waals surface area contributed by atoms with Gasteiger partial charge in [0.25, 0.3) is 11.8 Å². The fraction of sp³-hybridized carbons (Fsp3) is 0.300. The number of halogens is 5. The zero-order valence-corrected chi connectivity index (χ0v) is 10.5. The second kappa shape index (κ2) is 5.66. The van der Waals surface area contributed by atoms with Gasteiger partial charge in [-0.3, -0.25) is 4.79 Å². The van der Waals surface area contributed by atoms with Crippen molar-refractivity contribution in [3.8, 4) is 0 Å². The third-order valence-electron chi connectivity index (χ3n) is 2.04. The maximum atomic E-state index is 13.3. The van der Waals surface area contributed by atoms with E-state index in [2.05, 4.69) is 15.9 Å². The average molecular weight is 329 g/mol. The van der Waals surface area contributed by atoms with Crippen molar-refractivity contribution in [3.05, 3.63) is 33.8 Å². The molecule has 3 N–H and O–H groups in total. The Morgan fingerprint density at radius 1 is 1.33 bits per heavy atom. The van der Waals surface area contributed by atoms with Crippen molar-refractivity contribution in [1.82, 2.24) is 5.32 Å². The number of benzene rings is 1. The van der Waals surface area contributed by atoms with Crippen LogP contribution < -0.4 is 11.1 Å². The van der Waals surface area contributed by atoms with Crippen molar-refractivity contribution in [2.75, 3.05) is 13.1 Å². The van der Waals surface area contributed by atoms with Gasteiger partial charge in [-0.1, -0.05) is 15.9 Å². The van der Waals surface area contributed by atoms with E-state index in [1.165, 1.54) is 0 Å². The Labute approximate surface area is 108 Å². The molecule has 1 amide bonds. The molecule has 1 aromatic carbocycles. The number of carbonyl (C=O) groups is 1. The fourth-order valence-corrected chi connectivity index (χ4v) is 1.53. The summed E-state index contributed by atoms with van der Waals surface area (Å²) >= 11 is 2.83. The lowest BCUT2D eigenvalue weighted by Gasteiger charge is -2.15. The van der Waals surface area contributed by atoms with Crippen LogP contribution in [0.2, 0.25) is 0 Å². The summed E-state index contributed by atoms with van der Waals surface area (Å²) in [5.41, 5.74) is 3.84. The first-order valence-electron chi connectivity index (χ1n) is 4.77. The molecule has 8 heteroatoms. The van der Waals surface area contributed by atoms with E-state index < -0.39 is 42.1 Å². The van der Waals surface area contributed by atoms with Gasteiger partial charge in [-0.05, 0) is 12.1 Å². The minimum Gasteiger partial charge on any atom is -0.346 e. The maximum Gasteiger partial charge on any atom is 0.277 e. The SMILES string of the molecule is NCC(F)(F)CNC(=O)c1c(F)cc(Br)cc1F. The monoisotopic (exact) mass is 328 g/mol. The van der Waals surface area contributed by atoms with Crippen molar-refractivity contribution < 1.29 is 22.4 Å². The van der Waals surface area contributed by atoms with Crippen LogP contribution in [-0.4, -0.2) is 24.9 Å². The van der Waals surface area contributed by atoms with Crippen LogP contribution in [0.3, 0.4) is 0 Å². The number of amides is 1. The normalized spacial score (nSPS) is 11.4. The van der Waals surface area contributed by atoms with E-state index in [-0.39, 0.29) is 4.47 Å². The molecule has 18 heavy (non-hydrogen) atoms. The van der Waals surface area contributed by atoms with Gasteiger partial charge in [-0.2, -0.15) is 0 Å². The van der Waals surface area contributed by atoms with Gasteiger partial charge < -0.3 is 11.1 Å². The smallest absolute Gasteiger partial charge is 0.277 e. The van der Waals surface area contributed by atoms with Crippen molar-refractivity contribution in [2.45, 2.75) is 5.92 Å². The molecule has 0 unspecified atom stereocenters. The number of rotatable bonds is 4. The maximum absolute atomic E-state index is 13.3. The highest BCUT2D eigenvalue weighted by atomic mass is 79.9. The van der Waals surface area contributed by atoms with Gasteiger partial charge in [0.05, 0.1) is 13.1 Å². The molecule has 1 rings (SSSR count). The van der Waals surface area contributed by atoms with E-state index in [1.54, 1.807) is 5.32 Å². The first-order chi connectivity index (χ1) is 8.26. The number of alkyl halides is 2. The molecule has 0 aromatic heterocycles. The average Bonchev–Trinajstić information content (AvgIpc) is 2.25. The lowest BCUT2D eigenvalue weighted by molar-refractivity contribution is 0.0117. The zero-order chi connectivity index (χ0) is 13.9. The van der Waals surface area contributed by atoms with Crippen LogP contribution in [0.5, 0.6) is 0 Å². The third kappa shape index (κ3) is 3.67. The van der Waals surface area contributed by atoms with E-state index >= 15 is 0 Å². The predicted octanol–water partition coefficient (Wildman–Crippen LogP) is 2.05. The van der Waals surface area contributed by atoms with Crippen molar-refractivity contribution in [1.29, 1.82) is 0 Å². The van der Waals surface area contributed by atoms with Crippen molar-refractivity contribution >= 4 is 21.8 Å². The molecule has 0 aliphatic carbocycles. The number of nitrogens with one attached hydrogen (secondary N) is 1. The molecule has 0 heterocycles. The minimum absolute atomic E-state index is 0.0985. The van der Waals surface area contributed by atoms with E-state index in [9.17, 15) is 22.4 Å². The largest absolute Gasteiger partial charge is 0.346 e. The molecular weight excluding hydrogens is 320 g/mol. The molecule has 0 aliphatic rings. The Hall–Kier alpha value is -1.15. The summed E-state index contributed by atoms with van der Waals surface area (Å²) in [5, 5.41) is 1.73. The summed E-state index contributed by atoms with van der Waals surface area (Å²) in [7, 11) is 0. The van der Waals surface area contributed by atoms with Gasteiger partial charge in [0.15, 0.2) is 0 Å². The summed E-state index contributed by atoms with van der Waals surface area (Å²) in [4.78, 5) is 11.4. The molecule has 0 spiro atoms. The van der Waals surface area contributed by atoms with Crippen LogP contribution >= 0.6 is 15.9 Å². The first kappa shape index (κ1) is 14.9. The zero-order valence-electron chi connectivity index (χ0n) is 8.94. The Balaban J connectivity index is 2.86. The molecule has 100 valence electrons. The molecule has 0 fully saturated rings. The number of carbonyl (C=O) groups excluding carboxylic acids is 1. The molecule has 1 aromatic rings. The summed E-state index contributed by atoms with van der Waals surface area (Å²) < 4.78 is 52.3. The van der Waals surface area contributed by atoms with Gasteiger partial charge in [0, 0.05) is 4.47 Å². The van der Waals surface area contributed by atoms with Crippen LogP contribution in [0.4, 0.5) is 17.6 Å². The van der Waals surface area contributed by atoms with Gasteiger partial charge in [-0.15, -0.1) is 0 Å². The highest BCUT2D eigenvalue weighted by molar-refractivity contribution is 9.10. The Morgan fingerprint density at radius 2 is 1.83 bits per heavy atom. The fourth-order valence-electron chi connectivity index (χ4n) is 1.13. The number of hydrogen-bond acceptors (Lipinski definition) is 2. The molecule has 0 radical (unpaired) electrons. The molecule has 0 atom stereocenters. The molecule has 0 aliphatic heterocycles. The topological polar surface area (TPSA) is 55.1 Å². The summed E-state index contributed by atoms with van der Waals surface area (Å²) in [6.45, 7) is -2.06. The Bertz CT molecular complexity index is 444. The number of hydrogen-bond donors (Lipinski definition) is 2. The first-order valence-corrected chi connectivity index (χ1v) is 5.57. The molecular formula is C10H9BrF4N2O. The quantitative estimate of drug-likeness (QED) is 0.831. The van der Waals surface area contributed by atoms with Crippen LogP contribution in [0.1, 0.15) is 10.4 Å². The molecule has 0 saturated carbocycles. The van der Waals surface area contributed by atoms with E-state index in [0.29, 0.717) is 0 Å². The second-order valence-electron chi connectivity index (χ2n) is 3.49. The van der Waals surface area contributed by atoms with Gasteiger partial charge >= 0.3 is 0 Å². The molecule has 3 nitrogen and oxygen atoms in total. The molecule has 0 saturated heterocycles. The van der Waals surface area contributed by atoms with E-state index in [0.717, 1.165) is 12.1 Å². The van der Waals surface area contributed by atoms with Crippen LogP contribution in [0, 0.1) is 11.6 Å². The van der Waals surface area contributed by atoms with Crippen LogP contribution in [-0.2, 0) is 0 Å². The standard InChI is InChI=1S/C10H9BrF4N2O/c11-5-1-6(12)8(7(13)2-5)9(18)17-4-10(14,15)3-16/h1-2H,3-4,16H2,(H,17,18). The predicted molar refractivity (Wildman–Crippen MR) is 60.4 cm³/mol. The lowest BCUT2D eigenvalue weighted by Crippen LogP contribution is -2.41. The Kier molecular flexibility index (Phi) is 4.69. The summed E-state index contributed by atoms with van der Waals surface area (Å²) in [5.74, 6) is -6.87. The lowest BCUT2D eigenvalue weighted by atomic mass is 10.2. The third-order valence-corrected chi connectivity index (χ3v) is 2.50. The summed E-state index contributed by atoms with van der Waals surface area (Å²) in [6, 6.07) is 1.72. The van der Waals surface area contributed by atoms with Crippen LogP contribution in [0.25, 0.3) is 0 Å². The molecule has 0 bridgehead atoms. The Morgan fingerprint density at radius 3 is 2.28 bits per heavy atom. The van der Waals surface area contributed by atoms with Gasteiger partial charge in [0.1, 0.15) is 17.2 Å². The van der Waals surface area contributed by atoms with Gasteiger partial charge in [0.2, 0.25) is 0 Å². The van der Waals surface area contributed by atoms with Crippen molar-refractivity contribution in [3.63, 3.8) is 0 Å². The van der Waals surface area contributed by atoms with E-state index in [4.69, 9.17) is 5.73 Å². The highest BCUT2D eigenvalue weighted by Crippen LogP contribution is 2.19. The van der Waals surface area contributed by atoms with E-state index in [1.807, 2.05) is 0 Å². The number of nitrogens with two attached hydrogens (primary N) is 1. The minimum atomic E-state index is -3.32. The van der Waals surface area contributed by atoms with Gasteiger partial charge in [-0.25, -0.2) is 17.6 Å².